The highest BCUT2D eigenvalue weighted by atomic mass is 32.1. The van der Waals surface area contributed by atoms with Gasteiger partial charge in [0.05, 0.1) is 29.9 Å². The predicted molar refractivity (Wildman–Crippen MR) is 97.2 cm³/mol. The number of aromatic nitrogens is 2. The normalized spacial score (nSPS) is 13.4. The van der Waals surface area contributed by atoms with Crippen LogP contribution in [-0.2, 0) is 19.4 Å². The first-order valence-corrected chi connectivity index (χ1v) is 9.20. The minimum atomic E-state index is 0.0350. The molecule has 0 aliphatic heterocycles. The Hall–Kier alpha value is -2.65. The molecule has 6 heteroatoms. The van der Waals surface area contributed by atoms with Gasteiger partial charge in [-0.2, -0.15) is 5.26 Å². The number of ether oxygens (including phenoxy) is 1. The van der Waals surface area contributed by atoms with E-state index >= 15 is 0 Å². The summed E-state index contributed by atoms with van der Waals surface area (Å²) in [5.74, 6) is 0.689. The quantitative estimate of drug-likeness (QED) is 0.723. The zero-order valence-corrected chi connectivity index (χ0v) is 14.5. The van der Waals surface area contributed by atoms with E-state index < -0.39 is 0 Å². The van der Waals surface area contributed by atoms with E-state index in [-0.39, 0.29) is 5.56 Å². The largest absolute Gasteiger partial charge is 0.492 e. The molecule has 0 atom stereocenters. The summed E-state index contributed by atoms with van der Waals surface area (Å²) in [5.41, 5.74) is 1.85. The highest BCUT2D eigenvalue weighted by molar-refractivity contribution is 7.18. The van der Waals surface area contributed by atoms with Crippen molar-refractivity contribution in [1.29, 1.82) is 5.26 Å². The second-order valence-corrected chi connectivity index (χ2v) is 7.20. The van der Waals surface area contributed by atoms with Crippen molar-refractivity contribution in [3.63, 3.8) is 0 Å². The van der Waals surface area contributed by atoms with Crippen LogP contribution in [0.1, 0.15) is 28.8 Å². The summed E-state index contributed by atoms with van der Waals surface area (Å²) in [6.45, 7) is 0.831. The molecular weight excluding hydrogens is 334 g/mol. The van der Waals surface area contributed by atoms with Gasteiger partial charge >= 0.3 is 0 Å². The Kier molecular flexibility index (Phi) is 4.24. The second kappa shape index (κ2) is 6.69. The molecule has 1 aromatic carbocycles. The van der Waals surface area contributed by atoms with Gasteiger partial charge in [-0.15, -0.1) is 11.3 Å². The van der Waals surface area contributed by atoms with Crippen LogP contribution in [0.5, 0.6) is 5.75 Å². The highest BCUT2D eigenvalue weighted by Crippen LogP contribution is 2.33. The molecule has 0 fully saturated rings. The number of nitrogens with zero attached hydrogens (tertiary/aromatic N) is 3. The van der Waals surface area contributed by atoms with E-state index in [0.29, 0.717) is 24.5 Å². The fourth-order valence-corrected chi connectivity index (χ4v) is 4.45. The number of fused-ring (bicyclic) bond motifs is 3. The third kappa shape index (κ3) is 3.03. The first kappa shape index (κ1) is 15.9. The van der Waals surface area contributed by atoms with Crippen molar-refractivity contribution in [1.82, 2.24) is 9.55 Å². The Balaban J connectivity index is 1.52. The van der Waals surface area contributed by atoms with Crippen LogP contribution in [0.3, 0.4) is 0 Å². The lowest BCUT2D eigenvalue weighted by molar-refractivity contribution is 0.296. The molecule has 1 aliphatic carbocycles. The van der Waals surface area contributed by atoms with Crippen molar-refractivity contribution in [3.05, 3.63) is 57.0 Å². The van der Waals surface area contributed by atoms with Crippen LogP contribution in [0.4, 0.5) is 0 Å². The minimum absolute atomic E-state index is 0.0350. The van der Waals surface area contributed by atoms with Crippen molar-refractivity contribution in [2.45, 2.75) is 32.2 Å². The smallest absolute Gasteiger partial charge is 0.262 e. The average molecular weight is 351 g/mol. The molecule has 126 valence electrons. The maximum atomic E-state index is 12.8. The fraction of sp³-hybridized carbons (Fsp3) is 0.316. The van der Waals surface area contributed by atoms with Crippen molar-refractivity contribution in [3.8, 4) is 11.8 Å². The fourth-order valence-electron chi connectivity index (χ4n) is 3.23. The van der Waals surface area contributed by atoms with Gasteiger partial charge in [0.25, 0.3) is 5.56 Å². The van der Waals surface area contributed by atoms with Gasteiger partial charge in [-0.05, 0) is 55.5 Å². The molecule has 5 nitrogen and oxygen atoms in total. The molecule has 2 heterocycles. The number of nitriles is 1. The maximum absolute atomic E-state index is 12.8. The number of benzene rings is 1. The van der Waals surface area contributed by atoms with Gasteiger partial charge in [-0.25, -0.2) is 4.98 Å². The van der Waals surface area contributed by atoms with Gasteiger partial charge in [-0.1, -0.05) is 0 Å². The van der Waals surface area contributed by atoms with E-state index in [2.05, 4.69) is 11.1 Å². The standard InChI is InChI=1S/C19H17N3O2S/c20-11-13-5-7-14(8-6-13)24-10-9-22-12-21-18-17(19(22)23)15-3-1-2-4-16(15)25-18/h5-8,12H,1-4,9-10H2. The molecule has 0 unspecified atom stereocenters. The average Bonchev–Trinajstić information content (AvgIpc) is 3.03. The van der Waals surface area contributed by atoms with Gasteiger partial charge in [0, 0.05) is 4.88 Å². The van der Waals surface area contributed by atoms with Gasteiger partial charge in [0.15, 0.2) is 0 Å². The van der Waals surface area contributed by atoms with Crippen molar-refractivity contribution in [2.75, 3.05) is 6.61 Å². The number of aryl methyl sites for hydroxylation is 2. The van der Waals surface area contributed by atoms with Gasteiger partial charge in [-0.3, -0.25) is 9.36 Å². The lowest BCUT2D eigenvalue weighted by Crippen LogP contribution is -2.24. The number of hydrogen-bond acceptors (Lipinski definition) is 5. The Morgan fingerprint density at radius 2 is 2.04 bits per heavy atom. The SMILES string of the molecule is N#Cc1ccc(OCCn2cnc3sc4c(c3c2=O)CCCC4)cc1. The summed E-state index contributed by atoms with van der Waals surface area (Å²) in [6.07, 6.45) is 6.02. The second-order valence-electron chi connectivity index (χ2n) is 6.12. The Morgan fingerprint density at radius 1 is 1.24 bits per heavy atom. The summed E-state index contributed by atoms with van der Waals surface area (Å²) < 4.78 is 7.31. The molecule has 3 aromatic rings. The number of rotatable bonds is 4. The molecule has 25 heavy (non-hydrogen) atoms. The molecule has 2 aromatic heterocycles. The molecule has 0 amide bonds. The van der Waals surface area contributed by atoms with Crippen molar-refractivity contribution in [2.24, 2.45) is 0 Å². The monoisotopic (exact) mass is 351 g/mol. The van der Waals surface area contributed by atoms with Crippen LogP contribution in [0.2, 0.25) is 0 Å². The van der Waals surface area contributed by atoms with Crippen LogP contribution in [0.25, 0.3) is 10.2 Å². The number of hydrogen-bond donors (Lipinski definition) is 0. The highest BCUT2D eigenvalue weighted by Gasteiger charge is 2.19. The third-order valence-corrected chi connectivity index (χ3v) is 5.73. The molecule has 1 aliphatic rings. The zero-order valence-electron chi connectivity index (χ0n) is 13.7. The topological polar surface area (TPSA) is 67.9 Å². The summed E-state index contributed by atoms with van der Waals surface area (Å²) in [5, 5.41) is 9.61. The third-order valence-electron chi connectivity index (χ3n) is 4.53. The summed E-state index contributed by atoms with van der Waals surface area (Å²) >= 11 is 1.66. The van der Waals surface area contributed by atoms with E-state index in [1.807, 2.05) is 0 Å². The molecule has 4 rings (SSSR count). The van der Waals surface area contributed by atoms with E-state index in [0.717, 1.165) is 29.5 Å². The van der Waals surface area contributed by atoms with E-state index in [1.165, 1.54) is 16.9 Å². The Bertz CT molecular complexity index is 1010. The minimum Gasteiger partial charge on any atom is -0.492 e. The first-order valence-electron chi connectivity index (χ1n) is 8.39. The summed E-state index contributed by atoms with van der Waals surface area (Å²) in [4.78, 5) is 19.5. The summed E-state index contributed by atoms with van der Waals surface area (Å²) in [7, 11) is 0. The lowest BCUT2D eigenvalue weighted by atomic mass is 9.97. The van der Waals surface area contributed by atoms with Crippen LogP contribution < -0.4 is 10.3 Å². The van der Waals surface area contributed by atoms with Gasteiger partial charge < -0.3 is 4.74 Å². The molecule has 0 N–H and O–H groups in total. The predicted octanol–water partition coefficient (Wildman–Crippen LogP) is 3.29. The Morgan fingerprint density at radius 3 is 2.84 bits per heavy atom. The van der Waals surface area contributed by atoms with Crippen molar-refractivity contribution < 1.29 is 4.74 Å². The first-order chi connectivity index (χ1) is 12.3. The molecule has 0 saturated heterocycles. The maximum Gasteiger partial charge on any atom is 0.262 e. The Labute approximate surface area is 149 Å². The number of thiophene rings is 1. The molecule has 0 bridgehead atoms. The van der Waals surface area contributed by atoms with Gasteiger partial charge in [0.2, 0.25) is 0 Å². The summed E-state index contributed by atoms with van der Waals surface area (Å²) in [6, 6.07) is 9.03. The van der Waals surface area contributed by atoms with Crippen LogP contribution in [0.15, 0.2) is 35.4 Å². The van der Waals surface area contributed by atoms with E-state index in [4.69, 9.17) is 10.00 Å². The molecule has 0 saturated carbocycles. The molecule has 0 spiro atoms. The van der Waals surface area contributed by atoms with E-state index in [9.17, 15) is 4.79 Å². The van der Waals surface area contributed by atoms with Gasteiger partial charge in [0.1, 0.15) is 17.2 Å². The van der Waals surface area contributed by atoms with Crippen LogP contribution in [0, 0.1) is 11.3 Å². The van der Waals surface area contributed by atoms with E-state index in [1.54, 1.807) is 46.5 Å². The molecule has 0 radical (unpaired) electrons. The zero-order chi connectivity index (χ0) is 17.2. The molecular formula is C19H17N3O2S. The van der Waals surface area contributed by atoms with Crippen LogP contribution in [-0.4, -0.2) is 16.2 Å². The van der Waals surface area contributed by atoms with Crippen LogP contribution >= 0.6 is 11.3 Å². The lowest BCUT2D eigenvalue weighted by Gasteiger charge is -2.11. The van der Waals surface area contributed by atoms with Crippen molar-refractivity contribution >= 4 is 21.6 Å².